The number of unbranched alkanes of at least 4 members (excludes halogenated alkanes) is 16. The molecule has 0 aromatic heterocycles. The molecule has 0 heterocycles. The lowest BCUT2D eigenvalue weighted by atomic mass is 10.1. The van der Waals surface area contributed by atoms with Crippen molar-refractivity contribution >= 4 is 11.9 Å². The van der Waals surface area contributed by atoms with E-state index in [0.29, 0.717) is 12.8 Å². The standard InChI is InChI=1S/C39H68O5/c1-3-5-7-9-11-13-15-17-18-19-20-22-24-26-28-30-32-34-39(42)44-37(35-40)36-43-38(41)33-31-29-27-25-23-21-16-14-12-10-8-6-4-2/h14,16-18,20,22,26,28,37,40H,3-13,15,19,21,23-25,27,29-36H2,1-2H3/b16-14-,18-17-,22-20-,28-26-/t37-/m0/s1. The van der Waals surface area contributed by atoms with Gasteiger partial charge in [-0.1, -0.05) is 133 Å². The van der Waals surface area contributed by atoms with E-state index in [9.17, 15) is 14.7 Å². The van der Waals surface area contributed by atoms with Crippen LogP contribution in [-0.4, -0.2) is 36.4 Å². The fourth-order valence-electron chi connectivity index (χ4n) is 4.80. The van der Waals surface area contributed by atoms with Crippen molar-refractivity contribution in [2.75, 3.05) is 13.2 Å². The Hall–Kier alpha value is -2.14. The summed E-state index contributed by atoms with van der Waals surface area (Å²) in [6, 6.07) is 0. The molecule has 0 fully saturated rings. The molecule has 0 bridgehead atoms. The van der Waals surface area contributed by atoms with Crippen molar-refractivity contribution in [3.8, 4) is 0 Å². The minimum absolute atomic E-state index is 0.0909. The summed E-state index contributed by atoms with van der Waals surface area (Å²) in [6.45, 7) is 4.05. The van der Waals surface area contributed by atoms with E-state index in [1.54, 1.807) is 0 Å². The van der Waals surface area contributed by atoms with E-state index in [1.807, 2.05) is 0 Å². The van der Waals surface area contributed by atoms with E-state index in [4.69, 9.17) is 9.47 Å². The highest BCUT2D eigenvalue weighted by Gasteiger charge is 2.15. The third kappa shape index (κ3) is 32.8. The lowest BCUT2D eigenvalue weighted by Gasteiger charge is -2.15. The van der Waals surface area contributed by atoms with Crippen LogP contribution in [0.15, 0.2) is 48.6 Å². The molecule has 0 saturated carbocycles. The smallest absolute Gasteiger partial charge is 0.306 e. The van der Waals surface area contributed by atoms with Gasteiger partial charge in [0.15, 0.2) is 6.10 Å². The molecular weight excluding hydrogens is 548 g/mol. The van der Waals surface area contributed by atoms with Crippen molar-refractivity contribution in [3.05, 3.63) is 48.6 Å². The highest BCUT2D eigenvalue weighted by molar-refractivity contribution is 5.70. The second-order valence-corrected chi connectivity index (χ2v) is 11.9. The first-order valence-electron chi connectivity index (χ1n) is 18.2. The predicted molar refractivity (Wildman–Crippen MR) is 187 cm³/mol. The van der Waals surface area contributed by atoms with Crippen molar-refractivity contribution < 1.29 is 24.2 Å². The summed E-state index contributed by atoms with van der Waals surface area (Å²) in [7, 11) is 0. The van der Waals surface area contributed by atoms with Crippen LogP contribution in [0.4, 0.5) is 0 Å². The number of carbonyl (C=O) groups excluding carboxylic acids is 2. The molecule has 1 atom stereocenters. The van der Waals surface area contributed by atoms with E-state index in [1.165, 1.54) is 89.9 Å². The molecule has 0 aliphatic carbocycles. The van der Waals surface area contributed by atoms with Crippen LogP contribution in [-0.2, 0) is 19.1 Å². The van der Waals surface area contributed by atoms with Crippen LogP contribution in [0.1, 0.15) is 168 Å². The fourth-order valence-corrected chi connectivity index (χ4v) is 4.80. The Morgan fingerprint density at radius 3 is 1.48 bits per heavy atom. The van der Waals surface area contributed by atoms with Crippen LogP contribution in [0.5, 0.6) is 0 Å². The van der Waals surface area contributed by atoms with Crippen LogP contribution >= 0.6 is 0 Å². The van der Waals surface area contributed by atoms with Gasteiger partial charge in [-0.2, -0.15) is 0 Å². The summed E-state index contributed by atoms with van der Waals surface area (Å²) in [5.41, 5.74) is 0. The molecule has 44 heavy (non-hydrogen) atoms. The van der Waals surface area contributed by atoms with Gasteiger partial charge < -0.3 is 14.6 Å². The number of carbonyl (C=O) groups is 2. The van der Waals surface area contributed by atoms with Gasteiger partial charge in [0.2, 0.25) is 0 Å². The van der Waals surface area contributed by atoms with Gasteiger partial charge in [-0.3, -0.25) is 9.59 Å². The molecule has 0 radical (unpaired) electrons. The maximum Gasteiger partial charge on any atom is 0.306 e. The van der Waals surface area contributed by atoms with Crippen molar-refractivity contribution in [1.29, 1.82) is 0 Å². The van der Waals surface area contributed by atoms with Gasteiger partial charge in [-0.25, -0.2) is 0 Å². The first kappa shape index (κ1) is 41.9. The zero-order valence-corrected chi connectivity index (χ0v) is 28.7. The van der Waals surface area contributed by atoms with Crippen LogP contribution in [0, 0.1) is 0 Å². The van der Waals surface area contributed by atoms with Crippen LogP contribution in [0.3, 0.4) is 0 Å². The van der Waals surface area contributed by atoms with E-state index in [-0.39, 0.29) is 31.6 Å². The second-order valence-electron chi connectivity index (χ2n) is 11.9. The lowest BCUT2D eigenvalue weighted by Crippen LogP contribution is -2.28. The molecule has 1 N–H and O–H groups in total. The maximum atomic E-state index is 12.1. The molecule has 0 spiro atoms. The largest absolute Gasteiger partial charge is 0.462 e. The highest BCUT2D eigenvalue weighted by atomic mass is 16.6. The zero-order valence-electron chi connectivity index (χ0n) is 28.7. The predicted octanol–water partition coefficient (Wildman–Crippen LogP) is 11.1. The van der Waals surface area contributed by atoms with Crippen molar-refractivity contribution in [2.45, 2.75) is 174 Å². The quantitative estimate of drug-likeness (QED) is 0.0462. The van der Waals surface area contributed by atoms with Crippen LogP contribution in [0.25, 0.3) is 0 Å². The van der Waals surface area contributed by atoms with Gasteiger partial charge in [0.1, 0.15) is 6.61 Å². The molecule has 0 unspecified atom stereocenters. The third-order valence-electron chi connectivity index (χ3n) is 7.60. The molecule has 0 rings (SSSR count). The number of rotatable bonds is 32. The summed E-state index contributed by atoms with van der Waals surface area (Å²) < 4.78 is 10.5. The summed E-state index contributed by atoms with van der Waals surface area (Å²) in [5, 5.41) is 9.51. The SMILES string of the molecule is CCCCCC/C=C\CCCCCCCC(=O)OC[C@H](CO)OC(=O)CCC/C=C\C/C=C\C/C=C\CCCCCCCC. The number of allylic oxidation sites excluding steroid dienone is 8. The molecule has 0 aromatic rings. The van der Waals surface area contributed by atoms with Gasteiger partial charge in [0, 0.05) is 12.8 Å². The van der Waals surface area contributed by atoms with Gasteiger partial charge in [-0.15, -0.1) is 0 Å². The van der Waals surface area contributed by atoms with Crippen molar-refractivity contribution in [1.82, 2.24) is 0 Å². The number of hydrogen-bond acceptors (Lipinski definition) is 5. The normalized spacial score (nSPS) is 12.7. The summed E-state index contributed by atoms with van der Waals surface area (Å²) in [4.78, 5) is 24.1. The molecular formula is C39H68O5. The summed E-state index contributed by atoms with van der Waals surface area (Å²) in [6.07, 6.45) is 43.1. The minimum Gasteiger partial charge on any atom is -0.462 e. The van der Waals surface area contributed by atoms with Gasteiger partial charge in [-0.05, 0) is 70.6 Å². The fraction of sp³-hybridized carbons (Fsp3) is 0.744. The van der Waals surface area contributed by atoms with Crippen LogP contribution in [0.2, 0.25) is 0 Å². The molecule has 254 valence electrons. The molecule has 5 nitrogen and oxygen atoms in total. The first-order valence-corrected chi connectivity index (χ1v) is 18.2. The summed E-state index contributed by atoms with van der Waals surface area (Å²) >= 11 is 0. The molecule has 0 aromatic carbocycles. The maximum absolute atomic E-state index is 12.1. The average Bonchev–Trinajstić information content (AvgIpc) is 3.02. The van der Waals surface area contributed by atoms with Gasteiger partial charge in [0.05, 0.1) is 6.61 Å². The average molecular weight is 617 g/mol. The van der Waals surface area contributed by atoms with Crippen LogP contribution < -0.4 is 0 Å². The Morgan fingerprint density at radius 1 is 0.523 bits per heavy atom. The Kier molecular flexibility index (Phi) is 33.6. The summed E-state index contributed by atoms with van der Waals surface area (Å²) in [5.74, 6) is -0.665. The van der Waals surface area contributed by atoms with Crippen molar-refractivity contribution in [3.63, 3.8) is 0 Å². The molecule has 0 saturated heterocycles. The monoisotopic (exact) mass is 617 g/mol. The Balaban J connectivity index is 3.69. The molecule has 0 aliphatic heterocycles. The topological polar surface area (TPSA) is 72.8 Å². The Morgan fingerprint density at radius 2 is 0.932 bits per heavy atom. The number of aliphatic hydroxyl groups excluding tert-OH is 1. The molecule has 0 amide bonds. The van der Waals surface area contributed by atoms with E-state index < -0.39 is 6.10 Å². The van der Waals surface area contributed by atoms with Gasteiger partial charge >= 0.3 is 11.9 Å². The van der Waals surface area contributed by atoms with E-state index in [2.05, 4.69) is 62.5 Å². The molecule has 5 heteroatoms. The number of aliphatic hydroxyl groups is 1. The highest BCUT2D eigenvalue weighted by Crippen LogP contribution is 2.11. The first-order chi connectivity index (χ1) is 21.6. The van der Waals surface area contributed by atoms with E-state index >= 15 is 0 Å². The van der Waals surface area contributed by atoms with Crippen molar-refractivity contribution in [2.24, 2.45) is 0 Å². The van der Waals surface area contributed by atoms with E-state index in [0.717, 1.165) is 44.9 Å². The lowest BCUT2D eigenvalue weighted by molar-refractivity contribution is -0.161. The zero-order chi connectivity index (χ0) is 32.2. The number of esters is 2. The number of hydrogen-bond donors (Lipinski definition) is 1. The second kappa shape index (κ2) is 35.3. The minimum atomic E-state index is -0.799. The Bertz CT molecular complexity index is 752. The number of ether oxygens (including phenoxy) is 2. The third-order valence-corrected chi connectivity index (χ3v) is 7.60. The Labute approximate surface area is 271 Å². The van der Waals surface area contributed by atoms with Gasteiger partial charge in [0.25, 0.3) is 0 Å². The molecule has 0 aliphatic rings.